The molecule has 3 aliphatic rings. The zero-order chi connectivity index (χ0) is 8.34. The molecule has 0 saturated carbocycles. The van der Waals surface area contributed by atoms with Crippen LogP contribution in [0.2, 0.25) is 0 Å². The third kappa shape index (κ3) is 0.842. The quantitative estimate of drug-likeness (QED) is 0.494. The number of halogens is 1. The molecule has 0 radical (unpaired) electrons. The molecule has 0 amide bonds. The molecule has 1 aliphatic carbocycles. The Morgan fingerprint density at radius 2 is 2.58 bits per heavy atom. The van der Waals surface area contributed by atoms with E-state index in [1.165, 1.54) is 12.1 Å². The summed E-state index contributed by atoms with van der Waals surface area (Å²) in [5, 5.41) is 0.730. The van der Waals surface area contributed by atoms with Crippen molar-refractivity contribution in [3.8, 4) is 0 Å². The van der Waals surface area contributed by atoms with Gasteiger partial charge in [-0.2, -0.15) is 0 Å². The molecular weight excluding hydrogens is 281 g/mol. The monoisotopic (exact) mass is 293 g/mol. The minimum atomic E-state index is -0.557. The molecule has 1 unspecified atom stereocenters. The fraction of sp³-hybridized carbons (Fsp3) is 0.667. The van der Waals surface area contributed by atoms with E-state index >= 15 is 0 Å². The summed E-state index contributed by atoms with van der Waals surface area (Å²) in [6.45, 7) is 2.49. The normalized spacial score (nSPS) is 51.5. The molecule has 0 spiro atoms. The van der Waals surface area contributed by atoms with E-state index in [9.17, 15) is 0 Å². The number of hydrogen-bond acceptors (Lipinski definition) is 2. The van der Waals surface area contributed by atoms with Gasteiger partial charge in [-0.25, -0.2) is 0 Å². The van der Waals surface area contributed by atoms with Crippen LogP contribution in [0.4, 0.5) is 0 Å². The van der Waals surface area contributed by atoms with E-state index in [0.29, 0.717) is 0 Å². The van der Waals surface area contributed by atoms with Crippen molar-refractivity contribution in [1.29, 1.82) is 0 Å². The standard InChI is InChI=1S/C9H12INS/c1-9-4-7-6(11-5-12-7)3-8(9)10(9)2/h3,5,7-8H,4H2,1-2H3/t7?,8-,9-/m0/s1. The van der Waals surface area contributed by atoms with Gasteiger partial charge < -0.3 is 0 Å². The van der Waals surface area contributed by atoms with Crippen molar-refractivity contribution in [3.05, 3.63) is 11.8 Å². The number of aliphatic imine (C=N–C) groups is 1. The summed E-state index contributed by atoms with van der Waals surface area (Å²) in [6.07, 6.45) is 3.89. The van der Waals surface area contributed by atoms with Gasteiger partial charge in [-0.05, 0) is 0 Å². The first-order valence-corrected chi connectivity index (χ1v) is 9.62. The van der Waals surface area contributed by atoms with E-state index in [1.54, 1.807) is 0 Å². The second-order valence-electron chi connectivity index (χ2n) is 3.85. The molecule has 0 aromatic carbocycles. The second-order valence-corrected chi connectivity index (χ2v) is 11.7. The van der Waals surface area contributed by atoms with Crippen molar-refractivity contribution >= 4 is 37.1 Å². The van der Waals surface area contributed by atoms with Crippen LogP contribution in [0.3, 0.4) is 0 Å². The molecule has 0 aromatic heterocycles. The summed E-state index contributed by atoms with van der Waals surface area (Å²) in [4.78, 5) is 6.95. The van der Waals surface area contributed by atoms with E-state index in [0.717, 1.165) is 12.6 Å². The predicted octanol–water partition coefficient (Wildman–Crippen LogP) is 2.69. The fourth-order valence-electron chi connectivity index (χ4n) is 2.16. The van der Waals surface area contributed by atoms with Crippen LogP contribution in [0.25, 0.3) is 0 Å². The van der Waals surface area contributed by atoms with Crippen molar-refractivity contribution in [2.45, 2.75) is 25.9 Å². The maximum atomic E-state index is 4.42. The molecule has 3 heteroatoms. The molecule has 1 nitrogen and oxygen atoms in total. The van der Waals surface area contributed by atoms with E-state index in [-0.39, 0.29) is 0 Å². The Morgan fingerprint density at radius 1 is 1.75 bits per heavy atom. The zero-order valence-corrected chi connectivity index (χ0v) is 10.2. The summed E-state index contributed by atoms with van der Waals surface area (Å²) in [7, 11) is 0. The topological polar surface area (TPSA) is 12.4 Å². The van der Waals surface area contributed by atoms with Gasteiger partial charge in [0.15, 0.2) is 0 Å². The summed E-state index contributed by atoms with van der Waals surface area (Å²) >= 11 is 1.37. The van der Waals surface area contributed by atoms with Crippen LogP contribution in [0.15, 0.2) is 16.8 Å². The van der Waals surface area contributed by atoms with Crippen molar-refractivity contribution in [1.82, 2.24) is 0 Å². The maximum absolute atomic E-state index is 4.42. The Kier molecular flexibility index (Phi) is 1.50. The first kappa shape index (κ1) is 7.85. The third-order valence-corrected chi connectivity index (χ3v) is 12.3. The molecule has 0 bridgehead atoms. The molecule has 1 fully saturated rings. The van der Waals surface area contributed by atoms with Gasteiger partial charge in [0.05, 0.1) is 0 Å². The summed E-state index contributed by atoms with van der Waals surface area (Å²) in [6, 6.07) is 0. The Balaban J connectivity index is 1.98. The second kappa shape index (κ2) is 2.29. The zero-order valence-electron chi connectivity index (χ0n) is 7.25. The van der Waals surface area contributed by atoms with E-state index in [4.69, 9.17) is 0 Å². The van der Waals surface area contributed by atoms with Crippen LogP contribution in [0.5, 0.6) is 0 Å². The molecule has 1 saturated heterocycles. The van der Waals surface area contributed by atoms with Crippen LogP contribution in [-0.2, 0) is 0 Å². The molecule has 0 N–H and O–H groups in total. The number of thioether (sulfide) groups is 1. The van der Waals surface area contributed by atoms with E-state index < -0.39 is 19.8 Å². The van der Waals surface area contributed by atoms with Gasteiger partial charge >= 0.3 is 84.8 Å². The number of hydrogen-bond donors (Lipinski definition) is 0. The summed E-state index contributed by atoms with van der Waals surface area (Å²) in [5.74, 6) is 0. The van der Waals surface area contributed by atoms with Gasteiger partial charge in [0.2, 0.25) is 0 Å². The van der Waals surface area contributed by atoms with Crippen molar-refractivity contribution in [2.24, 2.45) is 4.99 Å². The molecule has 0 aromatic rings. The van der Waals surface area contributed by atoms with Gasteiger partial charge in [-0.3, -0.25) is 0 Å². The van der Waals surface area contributed by atoms with Gasteiger partial charge in [0.25, 0.3) is 0 Å². The Bertz CT molecular complexity index is 299. The van der Waals surface area contributed by atoms with Crippen LogP contribution < -0.4 is 0 Å². The fourth-order valence-corrected chi connectivity index (χ4v) is 10.6. The Morgan fingerprint density at radius 3 is 3.42 bits per heavy atom. The average molecular weight is 293 g/mol. The van der Waals surface area contributed by atoms with E-state index in [2.05, 4.69) is 22.9 Å². The number of allylic oxidation sites excluding steroid dienone is 1. The molecule has 2 aliphatic heterocycles. The summed E-state index contributed by atoms with van der Waals surface area (Å²) < 4.78 is 1.77. The van der Waals surface area contributed by atoms with Gasteiger partial charge in [0.1, 0.15) is 0 Å². The van der Waals surface area contributed by atoms with Gasteiger partial charge in [0, 0.05) is 0 Å². The van der Waals surface area contributed by atoms with Crippen LogP contribution in [0, 0.1) is 0 Å². The minimum absolute atomic E-state index is 0.557. The molecule has 66 valence electrons. The molecule has 3 atom stereocenters. The molecular formula is C9H12INS. The number of rotatable bonds is 0. The Hall–Kier alpha value is 0.490. The van der Waals surface area contributed by atoms with Crippen LogP contribution in [-0.4, -0.2) is 23.1 Å². The molecule has 12 heavy (non-hydrogen) atoms. The van der Waals surface area contributed by atoms with Crippen LogP contribution in [0.1, 0.15) is 13.3 Å². The SMILES string of the molecule is CI1[C@H]2C=C3N=CSC3C[C@@]21C. The number of fused-ring (bicyclic) bond motifs is 2. The first-order valence-electron chi connectivity index (χ1n) is 4.20. The van der Waals surface area contributed by atoms with Crippen molar-refractivity contribution in [2.75, 3.05) is 4.93 Å². The van der Waals surface area contributed by atoms with Gasteiger partial charge in [-0.15, -0.1) is 0 Å². The summed E-state index contributed by atoms with van der Waals surface area (Å²) in [5.41, 5.74) is 3.42. The number of nitrogens with zero attached hydrogens (tertiary/aromatic N) is 1. The average Bonchev–Trinajstić information content (AvgIpc) is 2.50. The molecule has 3 rings (SSSR count). The Labute approximate surface area is 84.5 Å². The first-order chi connectivity index (χ1) is 5.72. The predicted molar refractivity (Wildman–Crippen MR) is 64.7 cm³/mol. The van der Waals surface area contributed by atoms with Crippen molar-refractivity contribution in [3.63, 3.8) is 0 Å². The van der Waals surface area contributed by atoms with Gasteiger partial charge in [-0.1, -0.05) is 0 Å². The van der Waals surface area contributed by atoms with Crippen molar-refractivity contribution < 1.29 is 0 Å². The third-order valence-electron chi connectivity index (χ3n) is 3.22. The molecule has 2 heterocycles. The van der Waals surface area contributed by atoms with E-state index in [1.807, 2.05) is 17.3 Å². The van der Waals surface area contributed by atoms with Crippen LogP contribution >= 0.6 is 31.6 Å². The number of alkyl halides is 3.